The molecule has 0 aliphatic rings. The molecular formula is C7H6ClF2NO. The minimum atomic E-state index is -2.83. The number of rotatable bonds is 1. The molecule has 1 rings (SSSR count). The molecule has 0 unspecified atom stereocenters. The summed E-state index contributed by atoms with van der Waals surface area (Å²) in [6.07, 6.45) is -2.83. The monoisotopic (exact) mass is 193 g/mol. The van der Waals surface area contributed by atoms with Crippen LogP contribution in [0.3, 0.4) is 0 Å². The zero-order chi connectivity index (χ0) is 9.30. The highest BCUT2D eigenvalue weighted by Crippen LogP contribution is 2.22. The summed E-state index contributed by atoms with van der Waals surface area (Å²) in [5, 5.41) is -0.189. The Morgan fingerprint density at radius 3 is 2.58 bits per heavy atom. The van der Waals surface area contributed by atoms with Gasteiger partial charge in [-0.25, -0.2) is 8.78 Å². The van der Waals surface area contributed by atoms with Crippen molar-refractivity contribution >= 4 is 11.6 Å². The predicted octanol–water partition coefficient (Wildman–Crippen LogP) is 2.27. The summed E-state index contributed by atoms with van der Waals surface area (Å²) >= 11 is 5.43. The third-order valence-electron chi connectivity index (χ3n) is 1.37. The lowest BCUT2D eigenvalue weighted by Crippen LogP contribution is -2.14. The van der Waals surface area contributed by atoms with E-state index in [2.05, 4.69) is 4.98 Å². The van der Waals surface area contributed by atoms with Gasteiger partial charge in [-0.05, 0) is 13.0 Å². The minimum absolute atomic E-state index is 0.189. The lowest BCUT2D eigenvalue weighted by molar-refractivity contribution is 0.149. The van der Waals surface area contributed by atoms with Gasteiger partial charge in [-0.2, -0.15) is 0 Å². The van der Waals surface area contributed by atoms with Crippen molar-refractivity contribution < 1.29 is 8.78 Å². The molecule has 0 amide bonds. The van der Waals surface area contributed by atoms with Gasteiger partial charge in [-0.15, -0.1) is 0 Å². The normalized spacial score (nSPS) is 10.8. The standard InChI is InChI=1S/C7H6ClF2NO/c1-3-2-4(8)5(6(9)10)7(12)11-3/h2,6H,1H3,(H,11,12). The summed E-state index contributed by atoms with van der Waals surface area (Å²) < 4.78 is 24.2. The summed E-state index contributed by atoms with van der Waals surface area (Å²) in [6.45, 7) is 1.57. The number of nitrogens with one attached hydrogen (secondary N) is 1. The van der Waals surface area contributed by atoms with Crippen molar-refractivity contribution in [1.29, 1.82) is 0 Å². The highest BCUT2D eigenvalue weighted by Gasteiger charge is 2.16. The molecule has 2 nitrogen and oxygen atoms in total. The van der Waals surface area contributed by atoms with E-state index < -0.39 is 17.5 Å². The maximum atomic E-state index is 12.1. The molecule has 0 aliphatic carbocycles. The van der Waals surface area contributed by atoms with Crippen LogP contribution in [-0.2, 0) is 0 Å². The van der Waals surface area contributed by atoms with Crippen LogP contribution in [0.5, 0.6) is 0 Å². The largest absolute Gasteiger partial charge is 0.326 e. The summed E-state index contributed by atoms with van der Waals surface area (Å²) in [5.74, 6) is 0. The number of aromatic nitrogens is 1. The Hall–Kier alpha value is -0.900. The summed E-state index contributed by atoms with van der Waals surface area (Å²) in [5.41, 5.74) is -1.02. The molecule has 1 aromatic rings. The Bertz CT molecular complexity index is 348. The SMILES string of the molecule is Cc1cc(Cl)c(C(F)F)c(=O)[nH]1. The molecular weight excluding hydrogens is 188 g/mol. The summed E-state index contributed by atoms with van der Waals surface area (Å²) in [7, 11) is 0. The van der Waals surface area contributed by atoms with E-state index in [1.165, 1.54) is 6.07 Å². The van der Waals surface area contributed by atoms with E-state index in [1.807, 2.05) is 0 Å². The highest BCUT2D eigenvalue weighted by molar-refractivity contribution is 6.31. The first-order chi connectivity index (χ1) is 5.52. The van der Waals surface area contributed by atoms with Gasteiger partial charge < -0.3 is 4.98 Å². The fourth-order valence-electron chi connectivity index (χ4n) is 0.862. The third-order valence-corrected chi connectivity index (χ3v) is 1.69. The fourth-order valence-corrected chi connectivity index (χ4v) is 1.19. The first-order valence-corrected chi connectivity index (χ1v) is 3.57. The fraction of sp³-hybridized carbons (Fsp3) is 0.286. The van der Waals surface area contributed by atoms with Gasteiger partial charge in [0.15, 0.2) is 0 Å². The molecule has 0 radical (unpaired) electrons. The predicted molar refractivity (Wildman–Crippen MR) is 41.8 cm³/mol. The van der Waals surface area contributed by atoms with E-state index in [4.69, 9.17) is 11.6 Å². The number of halogens is 3. The zero-order valence-electron chi connectivity index (χ0n) is 6.20. The number of aryl methyl sites for hydroxylation is 1. The lowest BCUT2D eigenvalue weighted by Gasteiger charge is -2.01. The van der Waals surface area contributed by atoms with Crippen LogP contribution in [0.2, 0.25) is 5.02 Å². The highest BCUT2D eigenvalue weighted by atomic mass is 35.5. The zero-order valence-corrected chi connectivity index (χ0v) is 6.95. The van der Waals surface area contributed by atoms with Gasteiger partial charge in [-0.1, -0.05) is 11.6 Å². The molecule has 1 heterocycles. The molecule has 66 valence electrons. The lowest BCUT2D eigenvalue weighted by atomic mass is 10.2. The number of H-pyrrole nitrogens is 1. The van der Waals surface area contributed by atoms with Crippen LogP contribution in [0.1, 0.15) is 17.7 Å². The molecule has 0 atom stereocenters. The van der Waals surface area contributed by atoms with Crippen molar-refractivity contribution in [1.82, 2.24) is 4.98 Å². The quantitative estimate of drug-likeness (QED) is 0.729. The van der Waals surface area contributed by atoms with Crippen LogP contribution in [0, 0.1) is 6.92 Å². The molecule has 0 bridgehead atoms. The molecule has 1 N–H and O–H groups in total. The van der Waals surface area contributed by atoms with Crippen LogP contribution in [-0.4, -0.2) is 4.98 Å². The molecule has 5 heteroatoms. The second-order valence-corrected chi connectivity index (χ2v) is 2.75. The first-order valence-electron chi connectivity index (χ1n) is 3.20. The Morgan fingerprint density at radius 1 is 1.58 bits per heavy atom. The number of aromatic amines is 1. The van der Waals surface area contributed by atoms with Gasteiger partial charge in [0, 0.05) is 5.69 Å². The van der Waals surface area contributed by atoms with Gasteiger partial charge in [0.25, 0.3) is 12.0 Å². The van der Waals surface area contributed by atoms with E-state index in [0.717, 1.165) is 0 Å². The molecule has 0 aliphatic heterocycles. The second-order valence-electron chi connectivity index (χ2n) is 2.34. The minimum Gasteiger partial charge on any atom is -0.326 e. The van der Waals surface area contributed by atoms with E-state index in [0.29, 0.717) is 5.69 Å². The smallest absolute Gasteiger partial charge is 0.270 e. The third kappa shape index (κ3) is 1.64. The molecule has 12 heavy (non-hydrogen) atoms. The molecule has 0 spiro atoms. The second kappa shape index (κ2) is 3.23. The molecule has 0 aromatic carbocycles. The van der Waals surface area contributed by atoms with Crippen LogP contribution < -0.4 is 5.56 Å². The van der Waals surface area contributed by atoms with Gasteiger partial charge in [0.1, 0.15) is 5.56 Å². The van der Waals surface area contributed by atoms with Gasteiger partial charge in [-0.3, -0.25) is 4.79 Å². The average molecular weight is 194 g/mol. The van der Waals surface area contributed by atoms with Crippen LogP contribution in [0.4, 0.5) is 8.78 Å². The average Bonchev–Trinajstić information content (AvgIpc) is 1.82. The first kappa shape index (κ1) is 9.19. The maximum absolute atomic E-state index is 12.1. The van der Waals surface area contributed by atoms with Gasteiger partial charge in [0.05, 0.1) is 5.02 Å². The van der Waals surface area contributed by atoms with Crippen molar-refractivity contribution in [2.24, 2.45) is 0 Å². The molecule has 1 aromatic heterocycles. The number of alkyl halides is 2. The Morgan fingerprint density at radius 2 is 2.17 bits per heavy atom. The van der Waals surface area contributed by atoms with E-state index >= 15 is 0 Å². The van der Waals surface area contributed by atoms with E-state index in [1.54, 1.807) is 6.92 Å². The Kier molecular flexibility index (Phi) is 2.47. The Balaban J connectivity index is 3.39. The van der Waals surface area contributed by atoms with Crippen molar-refractivity contribution in [3.63, 3.8) is 0 Å². The van der Waals surface area contributed by atoms with Crippen molar-refractivity contribution in [2.45, 2.75) is 13.3 Å². The topological polar surface area (TPSA) is 32.9 Å². The molecule has 0 saturated heterocycles. The number of pyridine rings is 1. The van der Waals surface area contributed by atoms with E-state index in [-0.39, 0.29) is 5.02 Å². The van der Waals surface area contributed by atoms with E-state index in [9.17, 15) is 13.6 Å². The number of hydrogen-bond acceptors (Lipinski definition) is 1. The maximum Gasteiger partial charge on any atom is 0.270 e. The van der Waals surface area contributed by atoms with Crippen LogP contribution >= 0.6 is 11.6 Å². The van der Waals surface area contributed by atoms with Crippen molar-refractivity contribution in [3.05, 3.63) is 32.7 Å². The van der Waals surface area contributed by atoms with Crippen molar-refractivity contribution in [2.75, 3.05) is 0 Å². The van der Waals surface area contributed by atoms with Crippen LogP contribution in [0.25, 0.3) is 0 Å². The molecule has 0 saturated carbocycles. The van der Waals surface area contributed by atoms with Crippen LogP contribution in [0.15, 0.2) is 10.9 Å². The number of hydrogen-bond donors (Lipinski definition) is 1. The summed E-state index contributed by atoms with van der Waals surface area (Å²) in [4.78, 5) is 13.1. The summed E-state index contributed by atoms with van der Waals surface area (Å²) in [6, 6.07) is 1.30. The van der Waals surface area contributed by atoms with Gasteiger partial charge in [0.2, 0.25) is 0 Å². The van der Waals surface area contributed by atoms with Gasteiger partial charge >= 0.3 is 0 Å². The van der Waals surface area contributed by atoms with Crippen molar-refractivity contribution in [3.8, 4) is 0 Å². The molecule has 0 fully saturated rings. The Labute approximate surface area is 72.2 Å².